The summed E-state index contributed by atoms with van der Waals surface area (Å²) < 4.78 is 12.6. The molecule has 1 saturated carbocycles. The number of rotatable bonds is 2. The molecule has 2 aliphatic rings. The van der Waals surface area contributed by atoms with Gasteiger partial charge in [-0.05, 0) is 43.0 Å². The molecule has 0 saturated heterocycles. The van der Waals surface area contributed by atoms with E-state index >= 15 is 0 Å². The molecule has 1 amide bonds. The quantitative estimate of drug-likeness (QED) is 0.734. The molecule has 1 aliphatic carbocycles. The molecule has 1 fully saturated rings. The maximum absolute atomic E-state index is 12.7. The predicted octanol–water partition coefficient (Wildman–Crippen LogP) is 4.91. The van der Waals surface area contributed by atoms with Crippen molar-refractivity contribution in [3.63, 3.8) is 0 Å². The van der Waals surface area contributed by atoms with E-state index in [-0.39, 0.29) is 18.3 Å². The summed E-state index contributed by atoms with van der Waals surface area (Å²) in [5.74, 6) is 0.751. The Labute approximate surface area is 149 Å². The molecule has 4 rings (SSSR count). The number of fused-ring (bicyclic) bond motifs is 1. The van der Waals surface area contributed by atoms with Gasteiger partial charge in [0.1, 0.15) is 18.0 Å². The van der Waals surface area contributed by atoms with Crippen LogP contribution in [0.3, 0.4) is 0 Å². The molecule has 5 heteroatoms. The number of nitrogens with zero attached hydrogens (tertiary/aromatic N) is 1. The van der Waals surface area contributed by atoms with Crippen LogP contribution in [0.5, 0.6) is 5.75 Å². The van der Waals surface area contributed by atoms with Crippen molar-refractivity contribution in [2.24, 2.45) is 0 Å². The van der Waals surface area contributed by atoms with Crippen LogP contribution in [0.2, 0.25) is 0 Å². The number of amides is 1. The van der Waals surface area contributed by atoms with Crippen LogP contribution >= 0.6 is 15.9 Å². The van der Waals surface area contributed by atoms with Crippen molar-refractivity contribution in [3.8, 4) is 5.75 Å². The molecule has 1 spiro atoms. The fourth-order valence-corrected chi connectivity index (χ4v) is 3.57. The predicted molar refractivity (Wildman–Crippen MR) is 95.3 cm³/mol. The molecule has 0 bridgehead atoms. The second kappa shape index (κ2) is 6.13. The van der Waals surface area contributed by atoms with E-state index in [1.807, 2.05) is 48.5 Å². The highest BCUT2D eigenvalue weighted by Gasteiger charge is 2.46. The Balaban J connectivity index is 1.56. The molecule has 0 radical (unpaired) electrons. The van der Waals surface area contributed by atoms with Gasteiger partial charge in [0.25, 0.3) is 0 Å². The van der Waals surface area contributed by atoms with Crippen molar-refractivity contribution in [1.29, 1.82) is 0 Å². The fraction of sp³-hybridized carbons (Fsp3) is 0.316. The molecule has 1 aliphatic heterocycles. The topological polar surface area (TPSA) is 38.8 Å². The molecule has 124 valence electrons. The summed E-state index contributed by atoms with van der Waals surface area (Å²) in [6, 6.07) is 15.5. The molecule has 4 nitrogen and oxygen atoms in total. The molecule has 0 atom stereocenters. The minimum absolute atomic E-state index is 0.243. The highest BCUT2D eigenvalue weighted by Crippen LogP contribution is 2.46. The van der Waals surface area contributed by atoms with Crippen molar-refractivity contribution in [2.75, 3.05) is 11.4 Å². The first-order chi connectivity index (χ1) is 11.7. The zero-order valence-corrected chi connectivity index (χ0v) is 14.8. The first-order valence-corrected chi connectivity index (χ1v) is 8.91. The third-order valence-corrected chi connectivity index (χ3v) is 5.17. The molecule has 24 heavy (non-hydrogen) atoms. The molecule has 2 aromatic carbocycles. The summed E-state index contributed by atoms with van der Waals surface area (Å²) >= 11 is 3.47. The van der Waals surface area contributed by atoms with Gasteiger partial charge in [0.05, 0.1) is 12.2 Å². The summed E-state index contributed by atoms with van der Waals surface area (Å²) in [6.07, 6.45) is 2.77. The highest BCUT2D eigenvalue weighted by molar-refractivity contribution is 9.10. The highest BCUT2D eigenvalue weighted by atomic mass is 79.9. The standard InChI is InChI=1S/C19H18BrNO3/c20-15-7-8-17-16(11-15)21(13-19(24-17)9-4-10-19)18(22)23-12-14-5-2-1-3-6-14/h1-3,5-8,11H,4,9-10,12-13H2. The Bertz CT molecular complexity index is 758. The van der Waals surface area contributed by atoms with Crippen LogP contribution < -0.4 is 9.64 Å². The van der Waals surface area contributed by atoms with E-state index in [0.717, 1.165) is 40.7 Å². The zero-order chi connectivity index (χ0) is 16.6. The van der Waals surface area contributed by atoms with Gasteiger partial charge in [0.2, 0.25) is 0 Å². The third kappa shape index (κ3) is 2.88. The van der Waals surface area contributed by atoms with Gasteiger partial charge in [-0.15, -0.1) is 0 Å². The third-order valence-electron chi connectivity index (χ3n) is 4.67. The van der Waals surface area contributed by atoms with E-state index < -0.39 is 0 Å². The Morgan fingerprint density at radius 3 is 2.71 bits per heavy atom. The average Bonchev–Trinajstić information content (AvgIpc) is 2.58. The van der Waals surface area contributed by atoms with Crippen LogP contribution in [0.15, 0.2) is 53.0 Å². The van der Waals surface area contributed by atoms with Crippen LogP contribution in [-0.4, -0.2) is 18.2 Å². The van der Waals surface area contributed by atoms with Crippen molar-refractivity contribution in [2.45, 2.75) is 31.5 Å². The van der Waals surface area contributed by atoms with Crippen molar-refractivity contribution in [1.82, 2.24) is 0 Å². The second-order valence-corrected chi connectivity index (χ2v) is 7.29. The Morgan fingerprint density at radius 2 is 2.00 bits per heavy atom. The molecule has 0 aromatic heterocycles. The van der Waals surface area contributed by atoms with Crippen LogP contribution in [0, 0.1) is 0 Å². The summed E-state index contributed by atoms with van der Waals surface area (Å²) in [6.45, 7) is 0.817. The van der Waals surface area contributed by atoms with Crippen molar-refractivity contribution < 1.29 is 14.3 Å². The maximum Gasteiger partial charge on any atom is 0.414 e. The lowest BCUT2D eigenvalue weighted by atomic mass is 9.78. The minimum atomic E-state index is -0.326. The van der Waals surface area contributed by atoms with Crippen molar-refractivity contribution >= 4 is 27.7 Å². The first kappa shape index (κ1) is 15.5. The van der Waals surface area contributed by atoms with Gasteiger partial charge in [-0.3, -0.25) is 4.90 Å². The van der Waals surface area contributed by atoms with Gasteiger partial charge in [-0.1, -0.05) is 46.3 Å². The number of carbonyl (C=O) groups is 1. The van der Waals surface area contributed by atoms with E-state index in [0.29, 0.717) is 6.54 Å². The van der Waals surface area contributed by atoms with Gasteiger partial charge in [0, 0.05) is 4.47 Å². The van der Waals surface area contributed by atoms with E-state index in [9.17, 15) is 4.79 Å². The lowest BCUT2D eigenvalue weighted by Gasteiger charge is -2.48. The second-order valence-electron chi connectivity index (χ2n) is 6.38. The van der Waals surface area contributed by atoms with Crippen LogP contribution in [0.4, 0.5) is 10.5 Å². The normalized spacial score (nSPS) is 17.6. The number of anilines is 1. The van der Waals surface area contributed by atoms with Crippen molar-refractivity contribution in [3.05, 3.63) is 58.6 Å². The number of hydrogen-bond donors (Lipinski definition) is 0. The summed E-state index contributed by atoms with van der Waals surface area (Å²) in [5, 5.41) is 0. The minimum Gasteiger partial charge on any atom is -0.483 e. The van der Waals surface area contributed by atoms with E-state index in [1.165, 1.54) is 0 Å². The smallest absolute Gasteiger partial charge is 0.414 e. The number of hydrogen-bond acceptors (Lipinski definition) is 3. The Kier molecular flexibility index (Phi) is 3.96. The first-order valence-electron chi connectivity index (χ1n) is 8.12. The van der Waals surface area contributed by atoms with Gasteiger partial charge >= 0.3 is 6.09 Å². The van der Waals surface area contributed by atoms with Gasteiger partial charge in [0.15, 0.2) is 0 Å². The number of ether oxygens (including phenoxy) is 2. The van der Waals surface area contributed by atoms with Crippen LogP contribution in [-0.2, 0) is 11.3 Å². The van der Waals surface area contributed by atoms with Crippen LogP contribution in [0.1, 0.15) is 24.8 Å². The van der Waals surface area contributed by atoms with E-state index in [1.54, 1.807) is 4.90 Å². The molecule has 0 N–H and O–H groups in total. The lowest BCUT2D eigenvalue weighted by Crippen LogP contribution is -2.56. The molecule has 1 heterocycles. The van der Waals surface area contributed by atoms with E-state index in [4.69, 9.17) is 9.47 Å². The number of benzene rings is 2. The molecular weight excluding hydrogens is 370 g/mol. The molecular formula is C19H18BrNO3. The Morgan fingerprint density at radius 1 is 1.21 bits per heavy atom. The summed E-state index contributed by atoms with van der Waals surface area (Å²) in [4.78, 5) is 14.4. The average molecular weight is 388 g/mol. The summed E-state index contributed by atoms with van der Waals surface area (Å²) in [5.41, 5.74) is 1.50. The number of halogens is 1. The summed E-state index contributed by atoms with van der Waals surface area (Å²) in [7, 11) is 0. The fourth-order valence-electron chi connectivity index (χ4n) is 3.22. The van der Waals surface area contributed by atoms with Gasteiger partial charge in [-0.2, -0.15) is 0 Å². The molecule has 2 aromatic rings. The Hall–Kier alpha value is -2.01. The largest absolute Gasteiger partial charge is 0.483 e. The monoisotopic (exact) mass is 387 g/mol. The zero-order valence-electron chi connectivity index (χ0n) is 13.2. The SMILES string of the molecule is O=C(OCc1ccccc1)N1CC2(CCC2)Oc2ccc(Br)cc21. The number of carbonyl (C=O) groups excluding carboxylic acids is 1. The molecule has 0 unspecified atom stereocenters. The van der Waals surface area contributed by atoms with E-state index in [2.05, 4.69) is 15.9 Å². The van der Waals surface area contributed by atoms with Gasteiger partial charge in [-0.25, -0.2) is 4.79 Å². The maximum atomic E-state index is 12.7. The van der Waals surface area contributed by atoms with Crippen LogP contribution in [0.25, 0.3) is 0 Å². The van der Waals surface area contributed by atoms with Gasteiger partial charge < -0.3 is 9.47 Å². The lowest BCUT2D eigenvalue weighted by molar-refractivity contribution is -0.00807.